The van der Waals surface area contributed by atoms with Gasteiger partial charge in [0.15, 0.2) is 0 Å². The van der Waals surface area contributed by atoms with Gasteiger partial charge in [-0.3, -0.25) is 9.59 Å². The number of nitrogens with zero attached hydrogens (tertiary/aromatic N) is 2. The van der Waals surface area contributed by atoms with Crippen LogP contribution in [0.5, 0.6) is 34.8 Å². The van der Waals surface area contributed by atoms with Gasteiger partial charge in [-0.05, 0) is 122 Å². The molecule has 8 rings (SSSR count). The first-order valence-electron chi connectivity index (χ1n) is 18.3. The number of pyridine rings is 2. The van der Waals surface area contributed by atoms with Crippen LogP contribution in [0.4, 0.5) is 28.9 Å². The first-order valence-corrected chi connectivity index (χ1v) is 18.3. The molecule has 14 heteroatoms. The molecule has 0 radical (unpaired) electrons. The third-order valence-electron chi connectivity index (χ3n) is 9.12. The van der Waals surface area contributed by atoms with Crippen molar-refractivity contribution < 1.29 is 46.1 Å². The SMILES string of the molecule is CC(=O)Nc1ccc(Oc2ccc3c(c2)CCC(c2cc(F)ccc2F)O3)nc1.CC(=O)Nc1ccc(Oc2ccc3c(c2)CCC(c2cc(F)ccc2F)O3)nc1. The van der Waals surface area contributed by atoms with E-state index in [2.05, 4.69) is 20.6 Å². The van der Waals surface area contributed by atoms with Crippen molar-refractivity contribution in [2.45, 2.75) is 51.7 Å². The molecule has 0 bridgehead atoms. The first-order chi connectivity index (χ1) is 27.9. The van der Waals surface area contributed by atoms with Crippen LogP contribution in [-0.2, 0) is 22.4 Å². The van der Waals surface area contributed by atoms with Gasteiger partial charge in [-0.25, -0.2) is 27.5 Å². The average molecular weight is 793 g/mol. The van der Waals surface area contributed by atoms with Crippen LogP contribution in [0.25, 0.3) is 0 Å². The van der Waals surface area contributed by atoms with Crippen molar-refractivity contribution in [2.24, 2.45) is 0 Å². The van der Waals surface area contributed by atoms with E-state index in [1.54, 1.807) is 48.5 Å². The Labute approximate surface area is 330 Å². The van der Waals surface area contributed by atoms with Crippen LogP contribution in [0, 0.1) is 23.3 Å². The number of fused-ring (bicyclic) bond motifs is 2. The summed E-state index contributed by atoms with van der Waals surface area (Å²) < 4.78 is 78.3. The molecule has 0 saturated carbocycles. The van der Waals surface area contributed by atoms with Gasteiger partial charge in [0.25, 0.3) is 0 Å². The predicted octanol–water partition coefficient (Wildman–Crippen LogP) is 10.4. The number of carbonyl (C=O) groups is 2. The molecule has 2 aliphatic rings. The van der Waals surface area contributed by atoms with Crippen molar-refractivity contribution in [3.05, 3.63) is 155 Å². The molecule has 10 nitrogen and oxygen atoms in total. The maximum atomic E-state index is 14.0. The monoisotopic (exact) mass is 792 g/mol. The van der Waals surface area contributed by atoms with Crippen molar-refractivity contribution in [1.29, 1.82) is 0 Å². The van der Waals surface area contributed by atoms with Gasteiger partial charge in [-0.2, -0.15) is 0 Å². The van der Waals surface area contributed by atoms with Crippen LogP contribution < -0.4 is 29.6 Å². The van der Waals surface area contributed by atoms with E-state index < -0.39 is 35.5 Å². The molecule has 0 fully saturated rings. The van der Waals surface area contributed by atoms with E-state index in [0.717, 1.165) is 35.4 Å². The molecule has 0 spiro atoms. The van der Waals surface area contributed by atoms with Gasteiger partial charge in [0.1, 0.15) is 58.5 Å². The summed E-state index contributed by atoms with van der Waals surface area (Å²) in [5.41, 5.74) is 3.45. The molecular formula is C44H36F4N4O6. The van der Waals surface area contributed by atoms with Gasteiger partial charge < -0.3 is 29.6 Å². The summed E-state index contributed by atoms with van der Waals surface area (Å²) in [5.74, 6) is 0.891. The highest BCUT2D eigenvalue weighted by molar-refractivity contribution is 5.88. The number of ether oxygens (including phenoxy) is 4. The van der Waals surface area contributed by atoms with Gasteiger partial charge >= 0.3 is 0 Å². The molecule has 2 aromatic heterocycles. The molecule has 0 aliphatic carbocycles. The zero-order valence-electron chi connectivity index (χ0n) is 31.2. The Morgan fingerprint density at radius 3 is 1.40 bits per heavy atom. The Morgan fingerprint density at radius 1 is 0.586 bits per heavy atom. The number of halogens is 4. The minimum atomic E-state index is -0.534. The molecule has 58 heavy (non-hydrogen) atoms. The number of amides is 2. The van der Waals surface area contributed by atoms with Crippen LogP contribution >= 0.6 is 0 Å². The Kier molecular flexibility index (Phi) is 11.8. The van der Waals surface area contributed by atoms with Crippen LogP contribution in [0.2, 0.25) is 0 Å². The molecule has 4 heterocycles. The molecule has 2 N–H and O–H groups in total. The van der Waals surface area contributed by atoms with E-state index in [-0.39, 0.29) is 22.9 Å². The number of carbonyl (C=O) groups excluding carboxylic acids is 2. The lowest BCUT2D eigenvalue weighted by Crippen LogP contribution is -2.16. The second-order valence-corrected chi connectivity index (χ2v) is 13.5. The van der Waals surface area contributed by atoms with Gasteiger partial charge in [0.2, 0.25) is 23.6 Å². The molecule has 2 amide bonds. The highest BCUT2D eigenvalue weighted by Gasteiger charge is 2.26. The van der Waals surface area contributed by atoms with Crippen LogP contribution in [0.15, 0.2) is 109 Å². The number of rotatable bonds is 8. The van der Waals surface area contributed by atoms with Crippen LogP contribution in [-0.4, -0.2) is 21.8 Å². The molecule has 6 aromatic rings. The lowest BCUT2D eigenvalue weighted by atomic mass is 9.97. The van der Waals surface area contributed by atoms with Crippen LogP contribution in [0.3, 0.4) is 0 Å². The quantitative estimate of drug-likeness (QED) is 0.146. The first kappa shape index (κ1) is 39.3. The highest BCUT2D eigenvalue weighted by atomic mass is 19.1. The largest absolute Gasteiger partial charge is 0.485 e. The van der Waals surface area contributed by atoms with Crippen molar-refractivity contribution >= 4 is 23.2 Å². The number of benzene rings is 4. The third-order valence-corrected chi connectivity index (χ3v) is 9.12. The average Bonchev–Trinajstić information content (AvgIpc) is 3.21. The summed E-state index contributed by atoms with van der Waals surface area (Å²) in [4.78, 5) is 30.4. The van der Waals surface area contributed by atoms with Gasteiger partial charge in [-0.15, -0.1) is 0 Å². The van der Waals surface area contributed by atoms with Crippen molar-refractivity contribution in [2.75, 3.05) is 10.6 Å². The Morgan fingerprint density at radius 2 is 1.02 bits per heavy atom. The Bertz CT molecular complexity index is 2280. The van der Waals surface area contributed by atoms with Crippen molar-refractivity contribution in [3.63, 3.8) is 0 Å². The molecule has 2 unspecified atom stereocenters. The molecule has 4 aromatic carbocycles. The number of nitrogens with one attached hydrogen (secondary N) is 2. The minimum absolute atomic E-state index is 0.174. The topological polar surface area (TPSA) is 121 Å². The van der Waals surface area contributed by atoms with E-state index in [0.29, 0.717) is 71.8 Å². The summed E-state index contributed by atoms with van der Waals surface area (Å²) in [7, 11) is 0. The molecule has 296 valence electrons. The van der Waals surface area contributed by atoms with Gasteiger partial charge in [0.05, 0.1) is 23.8 Å². The summed E-state index contributed by atoms with van der Waals surface area (Å²) in [5, 5.41) is 5.28. The predicted molar refractivity (Wildman–Crippen MR) is 206 cm³/mol. The fourth-order valence-corrected chi connectivity index (χ4v) is 6.49. The summed E-state index contributed by atoms with van der Waals surface area (Å²) in [6.45, 7) is 2.85. The lowest BCUT2D eigenvalue weighted by Gasteiger charge is -2.27. The lowest BCUT2D eigenvalue weighted by molar-refractivity contribution is -0.115. The van der Waals surface area contributed by atoms with E-state index in [4.69, 9.17) is 18.9 Å². The molecule has 2 aliphatic heterocycles. The smallest absolute Gasteiger partial charge is 0.221 e. The van der Waals surface area contributed by atoms with E-state index in [1.165, 1.54) is 38.4 Å². The van der Waals surface area contributed by atoms with E-state index in [1.807, 2.05) is 12.1 Å². The molecule has 0 saturated heterocycles. The minimum Gasteiger partial charge on any atom is -0.485 e. The summed E-state index contributed by atoms with van der Waals surface area (Å²) in [6, 6.07) is 24.1. The van der Waals surface area contributed by atoms with Crippen molar-refractivity contribution in [1.82, 2.24) is 9.97 Å². The Hall–Kier alpha value is -6.96. The normalized spacial score (nSPS) is 15.2. The number of aryl methyl sites for hydroxylation is 2. The highest BCUT2D eigenvalue weighted by Crippen LogP contribution is 2.40. The second-order valence-electron chi connectivity index (χ2n) is 13.5. The number of aromatic nitrogens is 2. The standard InChI is InChI=1S/2C22H18F2N2O3/c2*1-13(27)26-16-4-9-22(25-12-16)28-17-5-8-20-14(10-17)2-7-21(29-20)18-11-15(23)3-6-19(18)24/h2*3-6,8-12,21H,2,7H2,1H3,(H,26,27). The maximum Gasteiger partial charge on any atom is 0.221 e. The number of anilines is 2. The van der Waals surface area contributed by atoms with Crippen LogP contribution in [0.1, 0.15) is 61.2 Å². The van der Waals surface area contributed by atoms with E-state index in [9.17, 15) is 27.2 Å². The Balaban J connectivity index is 0.000000177. The maximum absolute atomic E-state index is 14.0. The zero-order chi connectivity index (χ0) is 40.8. The van der Waals surface area contributed by atoms with Gasteiger partial charge in [-0.1, -0.05) is 0 Å². The third kappa shape index (κ3) is 9.88. The fraction of sp³-hybridized carbons (Fsp3) is 0.182. The second kappa shape index (κ2) is 17.5. The number of hydrogen-bond acceptors (Lipinski definition) is 8. The van der Waals surface area contributed by atoms with E-state index >= 15 is 0 Å². The zero-order valence-corrected chi connectivity index (χ0v) is 31.2. The van der Waals surface area contributed by atoms with Crippen molar-refractivity contribution in [3.8, 4) is 34.8 Å². The fourth-order valence-electron chi connectivity index (χ4n) is 6.49. The number of hydrogen-bond donors (Lipinski definition) is 2. The molecular weight excluding hydrogens is 756 g/mol. The summed E-state index contributed by atoms with van der Waals surface area (Å²) in [6.07, 6.45) is 4.29. The summed E-state index contributed by atoms with van der Waals surface area (Å²) >= 11 is 0. The molecule has 2 atom stereocenters. The van der Waals surface area contributed by atoms with Gasteiger partial charge in [0, 0.05) is 37.1 Å².